The highest BCUT2D eigenvalue weighted by Crippen LogP contribution is 2.25. The number of alkyl halides is 1. The predicted octanol–water partition coefficient (Wildman–Crippen LogP) is 2.54. The number of methoxy groups -OCH3 is 1. The van der Waals surface area contributed by atoms with Crippen LogP contribution in [-0.4, -0.2) is 36.4 Å². The Balaban J connectivity index is 2.24. The Morgan fingerprint density at radius 1 is 1.53 bits per heavy atom. The smallest absolute Gasteiger partial charge is 0.257 e. The first kappa shape index (κ1) is 12.2. The van der Waals surface area contributed by atoms with Crippen molar-refractivity contribution in [1.82, 2.24) is 4.90 Å². The standard InChI is InChI=1S/C13H16ClNO2/c1-17-12-7-3-2-6-11(12)13(16)15-8-4-5-10(15)9-14/h2-3,6-7,10H,4-5,8-9H2,1H3. The first-order valence-electron chi connectivity index (χ1n) is 5.78. The third kappa shape index (κ3) is 2.39. The first-order chi connectivity index (χ1) is 8.27. The Morgan fingerprint density at radius 3 is 3.00 bits per heavy atom. The van der Waals surface area contributed by atoms with Crippen LogP contribution in [0, 0.1) is 0 Å². The van der Waals surface area contributed by atoms with E-state index in [-0.39, 0.29) is 11.9 Å². The van der Waals surface area contributed by atoms with E-state index in [4.69, 9.17) is 16.3 Å². The number of amides is 1. The van der Waals surface area contributed by atoms with Crippen LogP contribution in [0.5, 0.6) is 5.75 Å². The van der Waals surface area contributed by atoms with Crippen LogP contribution in [-0.2, 0) is 0 Å². The molecule has 2 rings (SSSR count). The van der Waals surface area contributed by atoms with Crippen molar-refractivity contribution in [2.75, 3.05) is 19.5 Å². The zero-order chi connectivity index (χ0) is 12.3. The van der Waals surface area contributed by atoms with E-state index in [1.165, 1.54) is 0 Å². The number of likely N-dealkylation sites (tertiary alicyclic amines) is 1. The SMILES string of the molecule is COc1ccccc1C(=O)N1CCCC1CCl. The Labute approximate surface area is 106 Å². The number of benzene rings is 1. The molecule has 0 radical (unpaired) electrons. The van der Waals surface area contributed by atoms with Gasteiger partial charge >= 0.3 is 0 Å². The van der Waals surface area contributed by atoms with Crippen LogP contribution in [0.1, 0.15) is 23.2 Å². The van der Waals surface area contributed by atoms with Crippen LogP contribution in [0.25, 0.3) is 0 Å². The molecule has 92 valence electrons. The van der Waals surface area contributed by atoms with Gasteiger partial charge in [-0.05, 0) is 25.0 Å². The molecule has 1 amide bonds. The molecule has 1 aromatic carbocycles. The summed E-state index contributed by atoms with van der Waals surface area (Å²) in [4.78, 5) is 14.2. The summed E-state index contributed by atoms with van der Waals surface area (Å²) in [5, 5.41) is 0. The number of para-hydroxylation sites is 1. The molecule has 1 aromatic rings. The summed E-state index contributed by atoms with van der Waals surface area (Å²) in [6, 6.07) is 7.47. The topological polar surface area (TPSA) is 29.5 Å². The Kier molecular flexibility index (Phi) is 3.89. The fourth-order valence-electron chi connectivity index (χ4n) is 2.24. The minimum atomic E-state index is 0.0191. The van der Waals surface area contributed by atoms with Gasteiger partial charge < -0.3 is 9.64 Å². The fraction of sp³-hybridized carbons (Fsp3) is 0.462. The Hall–Kier alpha value is -1.22. The number of nitrogens with zero attached hydrogens (tertiary/aromatic N) is 1. The van der Waals surface area contributed by atoms with Gasteiger partial charge in [-0.2, -0.15) is 0 Å². The van der Waals surface area contributed by atoms with Gasteiger partial charge in [0.2, 0.25) is 0 Å². The van der Waals surface area contributed by atoms with Gasteiger partial charge in [0.05, 0.1) is 12.7 Å². The average Bonchev–Trinajstić information content (AvgIpc) is 2.86. The number of rotatable bonds is 3. The van der Waals surface area contributed by atoms with Crippen molar-refractivity contribution in [2.45, 2.75) is 18.9 Å². The Morgan fingerprint density at radius 2 is 2.29 bits per heavy atom. The minimum Gasteiger partial charge on any atom is -0.496 e. The lowest BCUT2D eigenvalue weighted by Crippen LogP contribution is -2.36. The van der Waals surface area contributed by atoms with E-state index >= 15 is 0 Å². The molecular weight excluding hydrogens is 238 g/mol. The fourth-order valence-corrected chi connectivity index (χ4v) is 2.56. The average molecular weight is 254 g/mol. The van der Waals surface area contributed by atoms with Crippen molar-refractivity contribution in [3.05, 3.63) is 29.8 Å². The van der Waals surface area contributed by atoms with Crippen LogP contribution in [0.15, 0.2) is 24.3 Å². The van der Waals surface area contributed by atoms with E-state index in [9.17, 15) is 4.79 Å². The molecule has 1 aliphatic rings. The van der Waals surface area contributed by atoms with Crippen LogP contribution in [0.3, 0.4) is 0 Å². The van der Waals surface area contributed by atoms with Crippen LogP contribution >= 0.6 is 11.6 Å². The van der Waals surface area contributed by atoms with Crippen LogP contribution in [0.2, 0.25) is 0 Å². The number of carbonyl (C=O) groups is 1. The molecule has 0 bridgehead atoms. The molecule has 0 saturated carbocycles. The molecule has 17 heavy (non-hydrogen) atoms. The molecule has 4 heteroatoms. The van der Waals surface area contributed by atoms with Crippen LogP contribution in [0.4, 0.5) is 0 Å². The van der Waals surface area contributed by atoms with E-state index in [1.54, 1.807) is 19.2 Å². The maximum Gasteiger partial charge on any atom is 0.257 e. The molecule has 1 atom stereocenters. The molecule has 0 N–H and O–H groups in total. The number of ether oxygens (including phenoxy) is 1. The number of carbonyl (C=O) groups excluding carboxylic acids is 1. The number of hydrogen-bond donors (Lipinski definition) is 0. The van der Waals surface area contributed by atoms with Gasteiger partial charge in [0.1, 0.15) is 5.75 Å². The van der Waals surface area contributed by atoms with E-state index in [0.29, 0.717) is 17.2 Å². The molecule has 1 fully saturated rings. The Bertz CT molecular complexity index is 408. The number of halogens is 1. The second kappa shape index (κ2) is 5.41. The molecule has 0 aliphatic carbocycles. The zero-order valence-electron chi connectivity index (χ0n) is 9.86. The lowest BCUT2D eigenvalue weighted by molar-refractivity contribution is 0.0746. The molecule has 3 nitrogen and oxygen atoms in total. The van der Waals surface area contributed by atoms with E-state index < -0.39 is 0 Å². The molecular formula is C13H16ClNO2. The summed E-state index contributed by atoms with van der Waals surface area (Å²) >= 11 is 5.88. The lowest BCUT2D eigenvalue weighted by atomic mass is 10.1. The lowest BCUT2D eigenvalue weighted by Gasteiger charge is -2.23. The highest BCUT2D eigenvalue weighted by atomic mass is 35.5. The van der Waals surface area contributed by atoms with Gasteiger partial charge in [-0.15, -0.1) is 11.6 Å². The summed E-state index contributed by atoms with van der Waals surface area (Å²) in [5.41, 5.74) is 0.618. The molecule has 1 unspecified atom stereocenters. The molecule has 0 spiro atoms. The molecule has 1 saturated heterocycles. The van der Waals surface area contributed by atoms with Gasteiger partial charge in [-0.1, -0.05) is 12.1 Å². The summed E-state index contributed by atoms with van der Waals surface area (Å²) < 4.78 is 5.21. The highest BCUT2D eigenvalue weighted by molar-refractivity contribution is 6.18. The molecule has 0 aromatic heterocycles. The highest BCUT2D eigenvalue weighted by Gasteiger charge is 2.29. The first-order valence-corrected chi connectivity index (χ1v) is 6.31. The van der Waals surface area contributed by atoms with E-state index in [2.05, 4.69) is 0 Å². The third-order valence-electron chi connectivity index (χ3n) is 3.15. The summed E-state index contributed by atoms with van der Waals surface area (Å²) in [7, 11) is 1.58. The second-order valence-corrected chi connectivity index (χ2v) is 4.46. The maximum absolute atomic E-state index is 12.4. The monoisotopic (exact) mass is 253 g/mol. The van der Waals surface area contributed by atoms with Gasteiger partial charge in [-0.3, -0.25) is 4.79 Å². The van der Waals surface area contributed by atoms with Gasteiger partial charge in [-0.25, -0.2) is 0 Å². The predicted molar refractivity (Wildman–Crippen MR) is 67.8 cm³/mol. The van der Waals surface area contributed by atoms with Gasteiger partial charge in [0.15, 0.2) is 0 Å². The van der Waals surface area contributed by atoms with Gasteiger partial charge in [0.25, 0.3) is 5.91 Å². The molecule has 1 aliphatic heterocycles. The van der Waals surface area contributed by atoms with Crippen molar-refractivity contribution in [1.29, 1.82) is 0 Å². The zero-order valence-corrected chi connectivity index (χ0v) is 10.6. The summed E-state index contributed by atoms with van der Waals surface area (Å²) in [6.07, 6.45) is 2.02. The van der Waals surface area contributed by atoms with Crippen LogP contribution < -0.4 is 4.74 Å². The van der Waals surface area contributed by atoms with E-state index in [1.807, 2.05) is 17.0 Å². The number of hydrogen-bond acceptors (Lipinski definition) is 2. The molecule has 1 heterocycles. The second-order valence-electron chi connectivity index (χ2n) is 4.15. The normalized spacial score (nSPS) is 19.4. The third-order valence-corrected chi connectivity index (χ3v) is 3.51. The largest absolute Gasteiger partial charge is 0.496 e. The summed E-state index contributed by atoms with van der Waals surface area (Å²) in [6.45, 7) is 0.786. The van der Waals surface area contributed by atoms with Crippen molar-refractivity contribution in [2.24, 2.45) is 0 Å². The quantitative estimate of drug-likeness (QED) is 0.775. The van der Waals surface area contributed by atoms with Crippen molar-refractivity contribution >= 4 is 17.5 Å². The van der Waals surface area contributed by atoms with E-state index in [0.717, 1.165) is 19.4 Å². The van der Waals surface area contributed by atoms with Gasteiger partial charge in [0, 0.05) is 18.5 Å². The van der Waals surface area contributed by atoms with Crippen molar-refractivity contribution < 1.29 is 9.53 Å². The van der Waals surface area contributed by atoms with Crippen molar-refractivity contribution in [3.8, 4) is 5.75 Å². The minimum absolute atomic E-state index is 0.0191. The maximum atomic E-state index is 12.4. The van der Waals surface area contributed by atoms with Crippen molar-refractivity contribution in [3.63, 3.8) is 0 Å². The summed E-state index contributed by atoms with van der Waals surface area (Å²) in [5.74, 6) is 1.14.